The summed E-state index contributed by atoms with van der Waals surface area (Å²) in [6.07, 6.45) is 10.8. The van der Waals surface area contributed by atoms with Crippen molar-refractivity contribution in [1.29, 1.82) is 0 Å². The summed E-state index contributed by atoms with van der Waals surface area (Å²) < 4.78 is 8.56. The van der Waals surface area contributed by atoms with Gasteiger partial charge in [-0.05, 0) is 164 Å². The minimum atomic E-state index is -4.23. The van der Waals surface area contributed by atoms with Gasteiger partial charge in [0.05, 0.1) is 5.54 Å². The number of hydrogen-bond donors (Lipinski definition) is 1. The molecule has 1 N–H and O–H groups in total. The second-order valence-corrected chi connectivity index (χ2v) is 22.7. The first-order valence-corrected chi connectivity index (χ1v) is 26.1. The van der Waals surface area contributed by atoms with Crippen molar-refractivity contribution < 1.29 is 9.22 Å². The SMILES string of the molecule is CCC1(CC)CC(CC)(CC)c2c1cc1c(c2[Si@]2(O)OC(c3ccc(C)cc3)(c3ccc(C)cc3)c3cc(C)ccc3[C@@H]2c2ccc(C)cc2)C(CC)(CC)CC1(CC)CC. The number of benzene rings is 5. The summed E-state index contributed by atoms with van der Waals surface area (Å²) in [6, 6.07) is 37.0. The second kappa shape index (κ2) is 15.8. The Kier molecular flexibility index (Phi) is 11.4. The average molecular weight is 831 g/mol. The fourth-order valence-corrected chi connectivity index (χ4v) is 17.6. The third kappa shape index (κ3) is 6.21. The van der Waals surface area contributed by atoms with Crippen molar-refractivity contribution in [3.63, 3.8) is 0 Å². The number of fused-ring (bicyclic) bond motifs is 3. The molecule has 322 valence electrons. The largest absolute Gasteiger partial charge is 0.407 e. The number of aryl methyl sites for hydroxylation is 4. The second-order valence-electron chi connectivity index (χ2n) is 20.0. The van der Waals surface area contributed by atoms with E-state index in [-0.39, 0.29) is 27.2 Å². The highest BCUT2D eigenvalue weighted by Gasteiger charge is 2.66. The normalized spacial score (nSPS) is 22.4. The van der Waals surface area contributed by atoms with Crippen LogP contribution in [-0.2, 0) is 31.7 Å². The van der Waals surface area contributed by atoms with Crippen LogP contribution in [-0.4, -0.2) is 13.4 Å². The zero-order valence-electron chi connectivity index (χ0n) is 39.7. The van der Waals surface area contributed by atoms with Crippen LogP contribution in [0.1, 0.15) is 197 Å². The van der Waals surface area contributed by atoms with E-state index in [9.17, 15) is 0 Å². The molecule has 0 bridgehead atoms. The summed E-state index contributed by atoms with van der Waals surface area (Å²) in [5.74, 6) is 0. The van der Waals surface area contributed by atoms with Crippen LogP contribution in [0.2, 0.25) is 0 Å². The Labute approximate surface area is 370 Å². The highest BCUT2D eigenvalue weighted by molar-refractivity contribution is 6.83. The molecule has 0 saturated heterocycles. The van der Waals surface area contributed by atoms with Crippen LogP contribution in [0.3, 0.4) is 0 Å². The average Bonchev–Trinajstić information content (AvgIpc) is 3.74. The van der Waals surface area contributed by atoms with Gasteiger partial charge in [0.15, 0.2) is 0 Å². The molecule has 3 heteroatoms. The van der Waals surface area contributed by atoms with E-state index in [1.54, 1.807) is 0 Å². The Bertz CT molecular complexity index is 2280. The van der Waals surface area contributed by atoms with Crippen molar-refractivity contribution in [2.24, 2.45) is 0 Å². The van der Waals surface area contributed by atoms with Crippen LogP contribution in [0.25, 0.3) is 0 Å². The Balaban J connectivity index is 1.66. The third-order valence-electron chi connectivity index (χ3n) is 17.6. The summed E-state index contributed by atoms with van der Waals surface area (Å²) in [5.41, 5.74) is 15.0. The minimum absolute atomic E-state index is 0.0286. The van der Waals surface area contributed by atoms with Crippen LogP contribution in [0.4, 0.5) is 0 Å². The highest BCUT2D eigenvalue weighted by Crippen LogP contribution is 2.64. The lowest BCUT2D eigenvalue weighted by Gasteiger charge is -2.52. The molecule has 5 aromatic rings. The van der Waals surface area contributed by atoms with Gasteiger partial charge in [-0.2, -0.15) is 0 Å². The van der Waals surface area contributed by atoms with Crippen molar-refractivity contribution in [3.05, 3.63) is 169 Å². The summed E-state index contributed by atoms with van der Waals surface area (Å²) in [6.45, 7) is 28.2. The first-order chi connectivity index (χ1) is 29.2. The molecule has 0 unspecified atom stereocenters. The van der Waals surface area contributed by atoms with Crippen molar-refractivity contribution in [3.8, 4) is 0 Å². The highest BCUT2D eigenvalue weighted by atomic mass is 28.4. The lowest BCUT2D eigenvalue weighted by atomic mass is 9.70. The molecule has 2 atom stereocenters. The molecule has 2 nitrogen and oxygen atoms in total. The lowest BCUT2D eigenvalue weighted by molar-refractivity contribution is 0.0958. The van der Waals surface area contributed by atoms with Crippen molar-refractivity contribution >= 4 is 13.7 Å². The first kappa shape index (κ1) is 43.9. The molecule has 0 fully saturated rings. The monoisotopic (exact) mass is 831 g/mol. The van der Waals surface area contributed by atoms with E-state index < -0.39 is 14.2 Å². The predicted molar refractivity (Wildman–Crippen MR) is 260 cm³/mol. The standard InChI is InChI=1S/C58H74O2Si/c1-13-54(14-2)37-56(17-5,18-6)50-48(54)36-49-51(57(19-7,20-8)38-55(49,15-3)16-4)53(50)61(59)52(43-28-21-39(9)22-29-43)46-34-27-42(12)35-47(46)58(60-61,44-30-23-40(10)24-31-44)45-32-25-41(11)26-33-45/h21-36,52,59H,13-20,37-38H2,1-12H3/t52-,61+/m0/s1. The summed E-state index contributed by atoms with van der Waals surface area (Å²) >= 11 is 0. The van der Waals surface area contributed by atoms with E-state index in [4.69, 9.17) is 4.43 Å². The van der Waals surface area contributed by atoms with E-state index in [0.29, 0.717) is 0 Å². The first-order valence-electron chi connectivity index (χ1n) is 24.2. The molecule has 61 heavy (non-hydrogen) atoms. The maximum atomic E-state index is 15.5. The molecule has 1 aliphatic heterocycles. The fraction of sp³-hybridized carbons (Fsp3) is 0.483. The topological polar surface area (TPSA) is 29.5 Å². The summed E-state index contributed by atoms with van der Waals surface area (Å²) in [4.78, 5) is 15.5. The molecule has 0 spiro atoms. The molecule has 5 aromatic carbocycles. The minimum Gasteiger partial charge on any atom is -0.407 e. The van der Waals surface area contributed by atoms with Gasteiger partial charge in [-0.3, -0.25) is 0 Å². The van der Waals surface area contributed by atoms with Gasteiger partial charge >= 0.3 is 8.56 Å². The van der Waals surface area contributed by atoms with Crippen LogP contribution in [0.5, 0.6) is 0 Å². The maximum Gasteiger partial charge on any atom is 0.383 e. The zero-order valence-corrected chi connectivity index (χ0v) is 40.7. The maximum absolute atomic E-state index is 15.5. The Hall–Kier alpha value is -3.76. The van der Waals surface area contributed by atoms with Crippen molar-refractivity contribution in [1.82, 2.24) is 0 Å². The molecule has 1 heterocycles. The lowest BCUT2D eigenvalue weighted by Crippen LogP contribution is -2.67. The molecule has 2 aliphatic carbocycles. The van der Waals surface area contributed by atoms with Crippen LogP contribution in [0.15, 0.2) is 97.1 Å². The Morgan fingerprint density at radius 1 is 0.475 bits per heavy atom. The molecule has 8 rings (SSSR count). The van der Waals surface area contributed by atoms with Gasteiger partial charge in [0.25, 0.3) is 0 Å². The van der Waals surface area contributed by atoms with Crippen molar-refractivity contribution in [2.75, 3.05) is 0 Å². The van der Waals surface area contributed by atoms with Gasteiger partial charge in [-0.15, -0.1) is 0 Å². The van der Waals surface area contributed by atoms with Crippen molar-refractivity contribution in [2.45, 2.75) is 180 Å². The quantitative estimate of drug-likeness (QED) is 0.127. The molecular weight excluding hydrogens is 757 g/mol. The van der Waals surface area contributed by atoms with Gasteiger partial charge in [-0.1, -0.05) is 175 Å². The van der Waals surface area contributed by atoms with Gasteiger partial charge in [0.2, 0.25) is 0 Å². The van der Waals surface area contributed by atoms with E-state index in [1.165, 1.54) is 55.3 Å². The van der Waals surface area contributed by atoms with E-state index in [2.05, 4.69) is 180 Å². The molecule has 0 amide bonds. The fourth-order valence-electron chi connectivity index (χ4n) is 13.4. The molecular formula is C58H74O2Si. The van der Waals surface area contributed by atoms with E-state index in [0.717, 1.165) is 86.5 Å². The van der Waals surface area contributed by atoms with Crippen LogP contribution >= 0.6 is 0 Å². The van der Waals surface area contributed by atoms with E-state index >= 15 is 4.80 Å². The smallest absolute Gasteiger partial charge is 0.383 e. The molecule has 0 radical (unpaired) electrons. The predicted octanol–water partition coefficient (Wildman–Crippen LogP) is 14.3. The van der Waals surface area contributed by atoms with Gasteiger partial charge in [-0.25, -0.2) is 0 Å². The number of hydrogen-bond acceptors (Lipinski definition) is 2. The Morgan fingerprint density at radius 2 is 0.852 bits per heavy atom. The molecule has 3 aliphatic rings. The molecule has 0 aromatic heterocycles. The van der Waals surface area contributed by atoms with Crippen LogP contribution < -0.4 is 5.19 Å². The van der Waals surface area contributed by atoms with Gasteiger partial charge in [0.1, 0.15) is 5.60 Å². The molecule has 0 saturated carbocycles. The number of rotatable bonds is 12. The zero-order chi connectivity index (χ0) is 43.8. The summed E-state index contributed by atoms with van der Waals surface area (Å²) in [5, 5.41) is 1.25. The van der Waals surface area contributed by atoms with E-state index in [1.807, 2.05) is 0 Å². The third-order valence-corrected chi connectivity index (χ3v) is 20.8. The summed E-state index contributed by atoms with van der Waals surface area (Å²) in [7, 11) is -4.23. The van der Waals surface area contributed by atoms with Gasteiger partial charge < -0.3 is 9.22 Å². The van der Waals surface area contributed by atoms with Crippen LogP contribution in [0, 0.1) is 27.7 Å². The van der Waals surface area contributed by atoms with Gasteiger partial charge in [0, 0.05) is 5.19 Å². The Morgan fingerprint density at radius 3 is 1.25 bits per heavy atom.